The van der Waals surface area contributed by atoms with Crippen LogP contribution in [0.3, 0.4) is 0 Å². The number of nitrogens with zero attached hydrogens (tertiary/aromatic N) is 3. The van der Waals surface area contributed by atoms with Crippen molar-refractivity contribution in [3.05, 3.63) is 33.7 Å². The van der Waals surface area contributed by atoms with Gasteiger partial charge < -0.3 is 10.2 Å². The first-order valence-corrected chi connectivity index (χ1v) is 7.19. The average Bonchev–Trinajstić information content (AvgIpc) is 2.34. The molecule has 1 aliphatic rings. The fourth-order valence-electron chi connectivity index (χ4n) is 2.45. The van der Waals surface area contributed by atoms with Gasteiger partial charge in [-0.2, -0.15) is 5.10 Å². The third-order valence-corrected chi connectivity index (χ3v) is 3.91. The molecule has 2 unspecified atom stereocenters. The summed E-state index contributed by atoms with van der Waals surface area (Å²) < 4.78 is 1.97. The Bertz CT molecular complexity index is 518. The molecule has 2 heterocycles. The molecular formula is C13H19BrN4O. The minimum atomic E-state index is -0.115. The highest BCUT2D eigenvalue weighted by molar-refractivity contribution is 9.10. The molecular weight excluding hydrogens is 308 g/mol. The minimum absolute atomic E-state index is 0.115. The van der Waals surface area contributed by atoms with E-state index < -0.39 is 0 Å². The Hall–Kier alpha value is -1.14. The lowest BCUT2D eigenvalue weighted by molar-refractivity contribution is 0.406. The van der Waals surface area contributed by atoms with Crippen LogP contribution in [0.1, 0.15) is 13.8 Å². The van der Waals surface area contributed by atoms with Gasteiger partial charge in [0.25, 0.3) is 5.56 Å². The second-order valence-electron chi connectivity index (χ2n) is 4.99. The van der Waals surface area contributed by atoms with Crippen LogP contribution in [-0.4, -0.2) is 35.0 Å². The van der Waals surface area contributed by atoms with Crippen molar-refractivity contribution in [3.63, 3.8) is 0 Å². The van der Waals surface area contributed by atoms with E-state index in [9.17, 15) is 4.79 Å². The predicted molar refractivity (Wildman–Crippen MR) is 80.7 cm³/mol. The van der Waals surface area contributed by atoms with Crippen molar-refractivity contribution in [2.24, 2.45) is 0 Å². The third-order valence-electron chi connectivity index (χ3n) is 3.17. The van der Waals surface area contributed by atoms with Crippen molar-refractivity contribution < 1.29 is 0 Å². The molecule has 0 spiro atoms. The van der Waals surface area contributed by atoms with Crippen molar-refractivity contribution in [2.45, 2.75) is 32.5 Å². The quantitative estimate of drug-likeness (QED) is 0.852. The van der Waals surface area contributed by atoms with Crippen molar-refractivity contribution in [2.75, 3.05) is 18.0 Å². The maximum absolute atomic E-state index is 12.1. The Balaban J connectivity index is 2.32. The maximum atomic E-state index is 12.1. The van der Waals surface area contributed by atoms with Gasteiger partial charge in [0.1, 0.15) is 4.47 Å². The lowest BCUT2D eigenvalue weighted by Crippen LogP contribution is -2.54. The maximum Gasteiger partial charge on any atom is 0.283 e. The molecule has 19 heavy (non-hydrogen) atoms. The van der Waals surface area contributed by atoms with Crippen molar-refractivity contribution >= 4 is 21.6 Å². The van der Waals surface area contributed by atoms with Crippen LogP contribution >= 0.6 is 15.9 Å². The van der Waals surface area contributed by atoms with Crippen molar-refractivity contribution in [1.29, 1.82) is 0 Å². The summed E-state index contributed by atoms with van der Waals surface area (Å²) in [6.45, 7) is 10.1. The summed E-state index contributed by atoms with van der Waals surface area (Å²) in [7, 11) is 0. The fraction of sp³-hybridized carbons (Fsp3) is 0.538. The molecule has 0 amide bonds. The number of halogens is 1. The molecule has 1 aliphatic heterocycles. The van der Waals surface area contributed by atoms with Gasteiger partial charge in [0.15, 0.2) is 0 Å². The molecule has 1 N–H and O–H groups in total. The van der Waals surface area contributed by atoms with Crippen LogP contribution in [0.4, 0.5) is 5.69 Å². The Morgan fingerprint density at radius 3 is 2.74 bits per heavy atom. The molecule has 0 aromatic carbocycles. The Labute approximate surface area is 121 Å². The minimum Gasteiger partial charge on any atom is -0.366 e. The second kappa shape index (κ2) is 5.88. The van der Waals surface area contributed by atoms with E-state index in [1.165, 1.54) is 4.68 Å². The number of anilines is 1. The van der Waals surface area contributed by atoms with Gasteiger partial charge >= 0.3 is 0 Å². The third kappa shape index (κ3) is 3.06. The van der Waals surface area contributed by atoms with Crippen LogP contribution in [0, 0.1) is 0 Å². The van der Waals surface area contributed by atoms with Gasteiger partial charge in [-0.05, 0) is 29.8 Å². The number of rotatable bonds is 3. The largest absolute Gasteiger partial charge is 0.366 e. The summed E-state index contributed by atoms with van der Waals surface area (Å²) in [6, 6.07) is 0.789. The average molecular weight is 327 g/mol. The zero-order valence-electron chi connectivity index (χ0n) is 11.3. The second-order valence-corrected chi connectivity index (χ2v) is 5.79. The van der Waals surface area contributed by atoms with Gasteiger partial charge in [-0.15, -0.1) is 6.58 Å². The van der Waals surface area contributed by atoms with E-state index in [1.807, 2.05) is 0 Å². The van der Waals surface area contributed by atoms with Crippen LogP contribution < -0.4 is 15.8 Å². The number of hydrogen-bond donors (Lipinski definition) is 1. The van der Waals surface area contributed by atoms with Crippen LogP contribution in [0.15, 0.2) is 28.1 Å². The number of nitrogens with one attached hydrogen (secondary N) is 1. The number of allylic oxidation sites excluding steroid dienone is 1. The molecule has 0 bridgehead atoms. The highest BCUT2D eigenvalue weighted by atomic mass is 79.9. The number of aromatic nitrogens is 2. The SMILES string of the molecule is C=CCn1ncc(N2CC(C)NC(C)C2)c(Br)c1=O. The standard InChI is InChI=1S/C13H19BrN4O/c1-4-5-18-13(19)12(14)11(6-15-18)17-7-9(2)16-10(3)8-17/h4,6,9-10,16H,1,5,7-8H2,2-3H3. The normalized spacial score (nSPS) is 23.4. The molecule has 2 rings (SSSR count). The van der Waals surface area contributed by atoms with E-state index in [4.69, 9.17) is 0 Å². The van der Waals surface area contributed by atoms with E-state index in [1.54, 1.807) is 12.3 Å². The number of piperazine rings is 1. The Morgan fingerprint density at radius 1 is 1.53 bits per heavy atom. The first kappa shape index (κ1) is 14.3. The zero-order valence-corrected chi connectivity index (χ0v) is 12.9. The van der Waals surface area contributed by atoms with E-state index in [0.717, 1.165) is 18.8 Å². The van der Waals surface area contributed by atoms with Gasteiger partial charge in [0.05, 0.1) is 18.4 Å². The first-order chi connectivity index (χ1) is 9.02. The first-order valence-electron chi connectivity index (χ1n) is 6.40. The van der Waals surface area contributed by atoms with Crippen LogP contribution in [-0.2, 0) is 6.54 Å². The molecule has 2 atom stereocenters. The van der Waals surface area contributed by atoms with E-state index in [0.29, 0.717) is 23.1 Å². The monoisotopic (exact) mass is 326 g/mol. The lowest BCUT2D eigenvalue weighted by Gasteiger charge is -2.37. The van der Waals surface area contributed by atoms with Gasteiger partial charge in [-0.25, -0.2) is 4.68 Å². The topological polar surface area (TPSA) is 50.2 Å². The molecule has 5 nitrogen and oxygen atoms in total. The highest BCUT2D eigenvalue weighted by Crippen LogP contribution is 2.23. The summed E-state index contributed by atoms with van der Waals surface area (Å²) in [5.74, 6) is 0. The molecule has 1 fully saturated rings. The molecule has 1 aromatic heterocycles. The Kier molecular flexibility index (Phi) is 4.42. The Morgan fingerprint density at radius 2 is 2.16 bits per heavy atom. The summed E-state index contributed by atoms with van der Waals surface area (Å²) in [6.07, 6.45) is 3.41. The molecule has 1 aromatic rings. The summed E-state index contributed by atoms with van der Waals surface area (Å²) in [4.78, 5) is 14.3. The van der Waals surface area contributed by atoms with E-state index >= 15 is 0 Å². The summed E-state index contributed by atoms with van der Waals surface area (Å²) in [5.41, 5.74) is 0.752. The van der Waals surface area contributed by atoms with Gasteiger partial charge in [0, 0.05) is 25.2 Å². The lowest BCUT2D eigenvalue weighted by atomic mass is 10.1. The van der Waals surface area contributed by atoms with Crippen LogP contribution in [0.2, 0.25) is 0 Å². The van der Waals surface area contributed by atoms with Crippen molar-refractivity contribution in [1.82, 2.24) is 15.1 Å². The molecule has 6 heteroatoms. The summed E-state index contributed by atoms with van der Waals surface area (Å²) >= 11 is 3.41. The fourth-order valence-corrected chi connectivity index (χ4v) is 3.01. The summed E-state index contributed by atoms with van der Waals surface area (Å²) in [5, 5.41) is 7.67. The van der Waals surface area contributed by atoms with Crippen molar-refractivity contribution in [3.8, 4) is 0 Å². The van der Waals surface area contributed by atoms with Gasteiger partial charge in [-0.1, -0.05) is 6.08 Å². The zero-order chi connectivity index (χ0) is 14.0. The molecule has 104 valence electrons. The molecule has 1 saturated heterocycles. The van der Waals surface area contributed by atoms with Gasteiger partial charge in [0.2, 0.25) is 0 Å². The smallest absolute Gasteiger partial charge is 0.283 e. The molecule has 0 saturated carbocycles. The molecule has 0 aliphatic carbocycles. The molecule has 0 radical (unpaired) electrons. The van der Waals surface area contributed by atoms with E-state index in [2.05, 4.69) is 51.7 Å². The van der Waals surface area contributed by atoms with Crippen LogP contribution in [0.5, 0.6) is 0 Å². The number of hydrogen-bond acceptors (Lipinski definition) is 4. The highest BCUT2D eigenvalue weighted by Gasteiger charge is 2.23. The predicted octanol–water partition coefficient (Wildman–Crippen LogP) is 1.38. The van der Waals surface area contributed by atoms with Crippen LogP contribution in [0.25, 0.3) is 0 Å². The van der Waals surface area contributed by atoms with E-state index in [-0.39, 0.29) is 5.56 Å². The van der Waals surface area contributed by atoms with Gasteiger partial charge in [-0.3, -0.25) is 4.79 Å².